The standard InChI is InChI=1S/C16H11F2NO2/c17-16(18)21-11-6-7-12(15(20)9-11)14-8-5-10-3-1-2-4-13(10)19-14/h1-9,16,20H. The van der Waals surface area contributed by atoms with Crippen molar-refractivity contribution in [2.45, 2.75) is 6.61 Å². The van der Waals surface area contributed by atoms with Crippen LogP contribution < -0.4 is 4.74 Å². The second kappa shape index (κ2) is 5.36. The summed E-state index contributed by atoms with van der Waals surface area (Å²) >= 11 is 0. The minimum Gasteiger partial charge on any atom is -0.507 e. The molecule has 21 heavy (non-hydrogen) atoms. The highest BCUT2D eigenvalue weighted by molar-refractivity contribution is 5.82. The number of aromatic nitrogens is 1. The van der Waals surface area contributed by atoms with Crippen LogP contribution in [0, 0.1) is 0 Å². The van der Waals surface area contributed by atoms with Gasteiger partial charge in [-0.25, -0.2) is 4.98 Å². The maximum atomic E-state index is 12.1. The Kier molecular flexibility index (Phi) is 3.39. The Balaban J connectivity index is 2.01. The third-order valence-electron chi connectivity index (χ3n) is 3.07. The fraction of sp³-hybridized carbons (Fsp3) is 0.0625. The number of phenols is 1. The zero-order valence-electron chi connectivity index (χ0n) is 10.8. The van der Waals surface area contributed by atoms with E-state index in [1.807, 2.05) is 30.3 Å². The van der Waals surface area contributed by atoms with Gasteiger partial charge < -0.3 is 9.84 Å². The van der Waals surface area contributed by atoms with Crippen molar-refractivity contribution < 1.29 is 18.6 Å². The molecular weight excluding hydrogens is 276 g/mol. The quantitative estimate of drug-likeness (QED) is 0.784. The predicted octanol–water partition coefficient (Wildman–Crippen LogP) is 4.21. The van der Waals surface area contributed by atoms with Crippen molar-refractivity contribution in [3.05, 3.63) is 54.6 Å². The molecule has 5 heteroatoms. The first-order chi connectivity index (χ1) is 10.1. The lowest BCUT2D eigenvalue weighted by molar-refractivity contribution is -0.0499. The van der Waals surface area contributed by atoms with Crippen molar-refractivity contribution in [1.29, 1.82) is 0 Å². The number of halogens is 2. The van der Waals surface area contributed by atoms with Crippen molar-refractivity contribution in [1.82, 2.24) is 4.98 Å². The van der Waals surface area contributed by atoms with Gasteiger partial charge in [-0.1, -0.05) is 24.3 Å². The van der Waals surface area contributed by atoms with E-state index >= 15 is 0 Å². The lowest BCUT2D eigenvalue weighted by Crippen LogP contribution is -2.01. The van der Waals surface area contributed by atoms with E-state index in [4.69, 9.17) is 0 Å². The van der Waals surface area contributed by atoms with Gasteiger partial charge in [-0.2, -0.15) is 8.78 Å². The number of fused-ring (bicyclic) bond motifs is 1. The van der Waals surface area contributed by atoms with Gasteiger partial charge in [-0.3, -0.25) is 0 Å². The number of hydrogen-bond acceptors (Lipinski definition) is 3. The van der Waals surface area contributed by atoms with Crippen LogP contribution in [0.4, 0.5) is 8.78 Å². The minimum absolute atomic E-state index is 0.0907. The molecule has 1 heterocycles. The van der Waals surface area contributed by atoms with Gasteiger partial charge in [0, 0.05) is 17.0 Å². The lowest BCUT2D eigenvalue weighted by Gasteiger charge is -2.08. The van der Waals surface area contributed by atoms with Crippen molar-refractivity contribution in [2.24, 2.45) is 0 Å². The maximum absolute atomic E-state index is 12.1. The Morgan fingerprint density at radius 1 is 1.00 bits per heavy atom. The topological polar surface area (TPSA) is 42.4 Å². The largest absolute Gasteiger partial charge is 0.507 e. The third-order valence-corrected chi connectivity index (χ3v) is 3.07. The van der Waals surface area contributed by atoms with Gasteiger partial charge in [0.05, 0.1) is 11.2 Å². The molecule has 0 aliphatic heterocycles. The molecule has 1 aromatic heterocycles. The monoisotopic (exact) mass is 287 g/mol. The molecule has 1 N–H and O–H groups in total. The lowest BCUT2D eigenvalue weighted by atomic mass is 10.1. The van der Waals surface area contributed by atoms with Crippen LogP contribution in [0.15, 0.2) is 54.6 Å². The molecule has 0 unspecified atom stereocenters. The molecule has 0 amide bonds. The summed E-state index contributed by atoms with van der Waals surface area (Å²) in [6, 6.07) is 15.3. The molecule has 0 bridgehead atoms. The van der Waals surface area contributed by atoms with E-state index in [9.17, 15) is 13.9 Å². The first-order valence-corrected chi connectivity index (χ1v) is 6.27. The van der Waals surface area contributed by atoms with Crippen LogP contribution in [0.1, 0.15) is 0 Å². The summed E-state index contributed by atoms with van der Waals surface area (Å²) in [6.45, 7) is -2.92. The van der Waals surface area contributed by atoms with Crippen molar-refractivity contribution >= 4 is 10.9 Å². The fourth-order valence-corrected chi connectivity index (χ4v) is 2.12. The van der Waals surface area contributed by atoms with Crippen molar-refractivity contribution in [3.63, 3.8) is 0 Å². The van der Waals surface area contributed by atoms with E-state index in [0.717, 1.165) is 17.0 Å². The summed E-state index contributed by atoms with van der Waals surface area (Å²) in [6.07, 6.45) is 0. The molecule has 106 valence electrons. The number of para-hydroxylation sites is 1. The van der Waals surface area contributed by atoms with E-state index in [-0.39, 0.29) is 11.5 Å². The number of hydrogen-bond donors (Lipinski definition) is 1. The summed E-state index contributed by atoms with van der Waals surface area (Å²) < 4.78 is 28.5. The number of ether oxygens (including phenoxy) is 1. The average molecular weight is 287 g/mol. The van der Waals surface area contributed by atoms with E-state index in [1.54, 1.807) is 6.07 Å². The number of pyridine rings is 1. The smallest absolute Gasteiger partial charge is 0.387 e. The van der Waals surface area contributed by atoms with Crippen LogP contribution in [-0.2, 0) is 0 Å². The summed E-state index contributed by atoms with van der Waals surface area (Å²) in [4.78, 5) is 4.45. The number of benzene rings is 2. The zero-order valence-corrected chi connectivity index (χ0v) is 10.8. The molecule has 2 aromatic carbocycles. The van der Waals surface area contributed by atoms with Gasteiger partial charge in [0.15, 0.2) is 0 Å². The van der Waals surface area contributed by atoms with Gasteiger partial charge >= 0.3 is 6.61 Å². The minimum atomic E-state index is -2.92. The number of rotatable bonds is 3. The van der Waals surface area contributed by atoms with Gasteiger partial charge in [-0.15, -0.1) is 0 Å². The normalized spacial score (nSPS) is 11.0. The Hall–Kier alpha value is -2.69. The van der Waals surface area contributed by atoms with Crippen molar-refractivity contribution in [2.75, 3.05) is 0 Å². The van der Waals surface area contributed by atoms with Gasteiger partial charge in [0.1, 0.15) is 11.5 Å². The molecule has 0 aliphatic rings. The number of aromatic hydroxyl groups is 1. The molecule has 0 atom stereocenters. The van der Waals surface area contributed by atoms with Crippen LogP contribution in [0.2, 0.25) is 0 Å². The second-order valence-electron chi connectivity index (χ2n) is 4.45. The fourth-order valence-electron chi connectivity index (χ4n) is 2.12. The Bertz CT molecular complexity index is 790. The van der Waals surface area contributed by atoms with Crippen LogP contribution in [0.5, 0.6) is 11.5 Å². The molecule has 0 aliphatic carbocycles. The zero-order chi connectivity index (χ0) is 14.8. The molecule has 0 saturated carbocycles. The van der Waals surface area contributed by atoms with Gasteiger partial charge in [-0.05, 0) is 24.3 Å². The number of phenolic OH excluding ortho intramolecular Hbond substituents is 1. The van der Waals surface area contributed by atoms with Crippen LogP contribution >= 0.6 is 0 Å². The first-order valence-electron chi connectivity index (χ1n) is 6.27. The molecule has 0 saturated heterocycles. The highest BCUT2D eigenvalue weighted by Gasteiger charge is 2.10. The molecule has 0 fully saturated rings. The Morgan fingerprint density at radius 2 is 1.81 bits per heavy atom. The highest BCUT2D eigenvalue weighted by atomic mass is 19.3. The van der Waals surface area contributed by atoms with Crippen LogP contribution in [0.3, 0.4) is 0 Å². The Morgan fingerprint density at radius 3 is 2.57 bits per heavy atom. The predicted molar refractivity (Wildman–Crippen MR) is 75.5 cm³/mol. The van der Waals surface area contributed by atoms with Crippen LogP contribution in [0.25, 0.3) is 22.2 Å². The summed E-state index contributed by atoms with van der Waals surface area (Å²) in [5.74, 6) is -0.247. The first kappa shape index (κ1) is 13.3. The summed E-state index contributed by atoms with van der Waals surface area (Å²) in [5.41, 5.74) is 1.82. The molecular formula is C16H11F2NO2. The summed E-state index contributed by atoms with van der Waals surface area (Å²) in [7, 11) is 0. The molecule has 0 radical (unpaired) electrons. The van der Waals surface area contributed by atoms with Gasteiger partial charge in [0.25, 0.3) is 0 Å². The van der Waals surface area contributed by atoms with Crippen molar-refractivity contribution in [3.8, 4) is 22.8 Å². The second-order valence-corrected chi connectivity index (χ2v) is 4.45. The number of alkyl halides is 2. The summed E-state index contributed by atoms with van der Waals surface area (Å²) in [5, 5.41) is 10.9. The number of nitrogens with zero attached hydrogens (tertiary/aromatic N) is 1. The van der Waals surface area contributed by atoms with E-state index < -0.39 is 6.61 Å². The molecule has 0 spiro atoms. The molecule has 3 nitrogen and oxygen atoms in total. The SMILES string of the molecule is Oc1cc(OC(F)F)ccc1-c1ccc2ccccc2n1. The third kappa shape index (κ3) is 2.76. The average Bonchev–Trinajstić information content (AvgIpc) is 2.46. The Labute approximate surface area is 119 Å². The highest BCUT2D eigenvalue weighted by Crippen LogP contribution is 2.32. The van der Waals surface area contributed by atoms with Crippen LogP contribution in [-0.4, -0.2) is 16.7 Å². The van der Waals surface area contributed by atoms with Gasteiger partial charge in [0.2, 0.25) is 0 Å². The maximum Gasteiger partial charge on any atom is 0.387 e. The van der Waals surface area contributed by atoms with E-state index in [0.29, 0.717) is 11.3 Å². The van der Waals surface area contributed by atoms with E-state index in [1.165, 1.54) is 12.1 Å². The van der Waals surface area contributed by atoms with E-state index in [2.05, 4.69) is 9.72 Å². The molecule has 3 rings (SSSR count). The molecule has 3 aromatic rings.